The lowest BCUT2D eigenvalue weighted by molar-refractivity contribution is -0.123. The zero-order valence-corrected chi connectivity index (χ0v) is 20.0. The van der Waals surface area contributed by atoms with Gasteiger partial charge in [-0.1, -0.05) is 60.1 Å². The maximum absolute atomic E-state index is 13.0. The lowest BCUT2D eigenvalue weighted by Crippen LogP contribution is -2.55. The van der Waals surface area contributed by atoms with E-state index in [1.165, 1.54) is 0 Å². The van der Waals surface area contributed by atoms with Gasteiger partial charge in [0.1, 0.15) is 6.04 Å². The summed E-state index contributed by atoms with van der Waals surface area (Å²) < 4.78 is 1.34. The Morgan fingerprint density at radius 3 is 2.30 bits per heavy atom. The van der Waals surface area contributed by atoms with Gasteiger partial charge in [-0.2, -0.15) is 0 Å². The fourth-order valence-corrected chi connectivity index (χ4v) is 3.80. The molecule has 30 heavy (non-hydrogen) atoms. The van der Waals surface area contributed by atoms with Crippen LogP contribution < -0.4 is 10.6 Å². The molecule has 160 valence electrons. The normalized spacial score (nSPS) is 12.9. The van der Waals surface area contributed by atoms with Crippen LogP contribution >= 0.6 is 31.9 Å². The van der Waals surface area contributed by atoms with Crippen molar-refractivity contribution in [3.05, 3.63) is 68.6 Å². The van der Waals surface area contributed by atoms with Crippen LogP contribution in [-0.4, -0.2) is 41.0 Å². The molecule has 2 amide bonds. The summed E-state index contributed by atoms with van der Waals surface area (Å²) in [6.45, 7) is 3.85. The highest BCUT2D eigenvalue weighted by Crippen LogP contribution is 2.21. The Hall–Kier alpha value is -1.68. The van der Waals surface area contributed by atoms with Gasteiger partial charge in [0, 0.05) is 15.4 Å². The van der Waals surface area contributed by atoms with E-state index in [-0.39, 0.29) is 12.3 Å². The van der Waals surface area contributed by atoms with Crippen molar-refractivity contribution in [2.24, 2.45) is 5.92 Å². The molecule has 0 aliphatic carbocycles. The second kappa shape index (κ2) is 11.6. The summed E-state index contributed by atoms with van der Waals surface area (Å²) in [5, 5.41) is 24.8. The molecule has 0 fully saturated rings. The van der Waals surface area contributed by atoms with Crippen molar-refractivity contribution >= 4 is 50.8 Å². The molecule has 2 rings (SSSR count). The Morgan fingerprint density at radius 1 is 1.03 bits per heavy atom. The zero-order chi connectivity index (χ0) is 22.3. The molecule has 0 saturated carbocycles. The number of carbonyl (C=O) groups excluding carboxylic acids is 2. The summed E-state index contributed by atoms with van der Waals surface area (Å²) in [6, 6.07) is 13.6. The maximum Gasteiger partial charge on any atom is 0.475 e. The molecule has 0 saturated heterocycles. The number of amides is 2. The lowest BCUT2D eigenvalue weighted by Gasteiger charge is -2.24. The van der Waals surface area contributed by atoms with E-state index < -0.39 is 30.9 Å². The number of halogens is 2. The third kappa shape index (κ3) is 7.54. The average molecular weight is 540 g/mol. The number of hydrogen-bond donors (Lipinski definition) is 4. The highest BCUT2D eigenvalue weighted by molar-refractivity contribution is 9.11. The third-order valence-corrected chi connectivity index (χ3v) is 5.68. The topological polar surface area (TPSA) is 98.7 Å². The molecular formula is C21H25BBr2N2O4. The molecule has 0 bridgehead atoms. The number of rotatable bonds is 9. The molecule has 2 atom stereocenters. The van der Waals surface area contributed by atoms with Crippen LogP contribution in [0.1, 0.15) is 36.2 Å². The van der Waals surface area contributed by atoms with E-state index in [4.69, 9.17) is 0 Å². The fourth-order valence-electron chi connectivity index (χ4n) is 3.01. The van der Waals surface area contributed by atoms with E-state index in [1.807, 2.05) is 44.2 Å². The van der Waals surface area contributed by atoms with Crippen LogP contribution in [-0.2, 0) is 11.2 Å². The Kier molecular flexibility index (Phi) is 9.55. The van der Waals surface area contributed by atoms with Gasteiger partial charge >= 0.3 is 7.12 Å². The number of nitrogens with one attached hydrogen (secondary N) is 2. The van der Waals surface area contributed by atoms with Crippen molar-refractivity contribution in [3.8, 4) is 0 Å². The van der Waals surface area contributed by atoms with E-state index in [2.05, 4.69) is 42.5 Å². The first-order valence-electron chi connectivity index (χ1n) is 9.63. The van der Waals surface area contributed by atoms with Crippen molar-refractivity contribution in [2.75, 3.05) is 0 Å². The average Bonchev–Trinajstić information content (AvgIpc) is 2.69. The van der Waals surface area contributed by atoms with E-state index in [9.17, 15) is 19.6 Å². The molecule has 0 spiro atoms. The van der Waals surface area contributed by atoms with E-state index in [0.29, 0.717) is 16.5 Å². The molecular weight excluding hydrogens is 515 g/mol. The van der Waals surface area contributed by atoms with Crippen LogP contribution in [0.25, 0.3) is 0 Å². The standard InChI is InChI=1S/C21H25BBr2N2O4/c1-13(2)10-19(22(29)30)26-21(28)18(11-14-6-4-3-5-7-14)25-20(27)16-12-15(23)8-9-17(16)24/h3-9,12-13,18-19,29-30H,10-11H2,1-2H3,(H,25,27)(H,26,28)/t18-,19-/m0/s1. The van der Waals surface area contributed by atoms with Gasteiger partial charge < -0.3 is 20.7 Å². The van der Waals surface area contributed by atoms with Crippen molar-refractivity contribution in [1.82, 2.24) is 10.6 Å². The van der Waals surface area contributed by atoms with Crippen LogP contribution in [0.2, 0.25) is 0 Å². The van der Waals surface area contributed by atoms with Gasteiger partial charge in [-0.25, -0.2) is 0 Å². The predicted molar refractivity (Wildman–Crippen MR) is 125 cm³/mol. The fraction of sp³-hybridized carbons (Fsp3) is 0.333. The molecule has 4 N–H and O–H groups in total. The summed E-state index contributed by atoms with van der Waals surface area (Å²) in [7, 11) is -1.69. The lowest BCUT2D eigenvalue weighted by atomic mass is 9.75. The molecule has 0 aromatic heterocycles. The third-order valence-electron chi connectivity index (χ3n) is 4.49. The minimum atomic E-state index is -1.69. The Morgan fingerprint density at radius 2 is 1.70 bits per heavy atom. The van der Waals surface area contributed by atoms with E-state index in [1.54, 1.807) is 18.2 Å². The predicted octanol–water partition coefficient (Wildman–Crippen LogP) is 3.10. The molecule has 2 aromatic rings. The zero-order valence-electron chi connectivity index (χ0n) is 16.8. The van der Waals surface area contributed by atoms with Gasteiger partial charge in [-0.15, -0.1) is 0 Å². The summed E-state index contributed by atoms with van der Waals surface area (Å²) in [5.74, 6) is -1.57. The van der Waals surface area contributed by atoms with Crippen LogP contribution in [0.5, 0.6) is 0 Å². The number of hydrogen-bond acceptors (Lipinski definition) is 4. The van der Waals surface area contributed by atoms with Crippen molar-refractivity contribution < 1.29 is 19.6 Å². The van der Waals surface area contributed by atoms with Gasteiger partial charge in [-0.3, -0.25) is 9.59 Å². The second-order valence-electron chi connectivity index (χ2n) is 7.50. The van der Waals surface area contributed by atoms with Gasteiger partial charge in [0.2, 0.25) is 5.91 Å². The summed E-state index contributed by atoms with van der Waals surface area (Å²) >= 11 is 6.71. The van der Waals surface area contributed by atoms with Crippen LogP contribution in [0.15, 0.2) is 57.5 Å². The molecule has 6 nitrogen and oxygen atoms in total. The monoisotopic (exact) mass is 538 g/mol. The Bertz CT molecular complexity index is 865. The van der Waals surface area contributed by atoms with Gasteiger partial charge in [0.25, 0.3) is 5.91 Å². The summed E-state index contributed by atoms with van der Waals surface area (Å²) in [5.41, 5.74) is 1.26. The minimum absolute atomic E-state index is 0.150. The van der Waals surface area contributed by atoms with Crippen molar-refractivity contribution in [1.29, 1.82) is 0 Å². The largest absolute Gasteiger partial charge is 0.475 e. The quantitative estimate of drug-likeness (QED) is 0.368. The molecule has 0 aliphatic rings. The van der Waals surface area contributed by atoms with E-state index >= 15 is 0 Å². The van der Waals surface area contributed by atoms with Gasteiger partial charge in [0.05, 0.1) is 11.5 Å². The molecule has 0 radical (unpaired) electrons. The molecule has 0 unspecified atom stereocenters. The second-order valence-corrected chi connectivity index (χ2v) is 9.27. The van der Waals surface area contributed by atoms with Gasteiger partial charge in [0.15, 0.2) is 0 Å². The number of carbonyl (C=O) groups is 2. The first-order chi connectivity index (χ1) is 14.2. The Labute approximate surface area is 193 Å². The first kappa shape index (κ1) is 24.6. The highest BCUT2D eigenvalue weighted by Gasteiger charge is 2.30. The molecule has 0 aliphatic heterocycles. The number of benzene rings is 2. The van der Waals surface area contributed by atoms with Crippen LogP contribution in [0, 0.1) is 5.92 Å². The SMILES string of the molecule is CC(C)C[C@H](NC(=O)[C@H](Cc1ccccc1)NC(=O)c1cc(Br)ccc1Br)B(O)O. The first-order valence-corrected chi connectivity index (χ1v) is 11.2. The Balaban J connectivity index is 2.24. The summed E-state index contributed by atoms with van der Waals surface area (Å²) in [4.78, 5) is 25.9. The van der Waals surface area contributed by atoms with Gasteiger partial charge in [-0.05, 0) is 52.0 Å². The minimum Gasteiger partial charge on any atom is -0.426 e. The van der Waals surface area contributed by atoms with Crippen molar-refractivity contribution in [2.45, 2.75) is 38.7 Å². The smallest absolute Gasteiger partial charge is 0.426 e. The maximum atomic E-state index is 13.0. The van der Waals surface area contributed by atoms with Crippen LogP contribution in [0.3, 0.4) is 0 Å². The molecule has 0 heterocycles. The molecule has 9 heteroatoms. The molecule has 2 aromatic carbocycles. The highest BCUT2D eigenvalue weighted by atomic mass is 79.9. The van der Waals surface area contributed by atoms with E-state index in [0.717, 1.165) is 10.0 Å². The van der Waals surface area contributed by atoms with Crippen LogP contribution in [0.4, 0.5) is 0 Å². The summed E-state index contributed by atoms with van der Waals surface area (Å²) in [6.07, 6.45) is 0.659. The van der Waals surface area contributed by atoms with Crippen molar-refractivity contribution in [3.63, 3.8) is 0 Å².